The molecule has 2 unspecified atom stereocenters. The van der Waals surface area contributed by atoms with Crippen LogP contribution in [0, 0.1) is 4.77 Å². The van der Waals surface area contributed by atoms with E-state index in [1.54, 1.807) is 23.6 Å². The number of rotatable bonds is 7. The summed E-state index contributed by atoms with van der Waals surface area (Å²) in [6, 6.07) is 9.42. The highest BCUT2D eigenvalue weighted by molar-refractivity contribution is 7.89. The van der Waals surface area contributed by atoms with Crippen molar-refractivity contribution in [1.29, 1.82) is 0 Å². The Bertz CT molecular complexity index is 1180. The van der Waals surface area contributed by atoms with Gasteiger partial charge in [-0.2, -0.15) is 5.10 Å². The minimum absolute atomic E-state index is 0.202. The summed E-state index contributed by atoms with van der Waals surface area (Å²) in [7, 11) is -0.525. The van der Waals surface area contributed by atoms with E-state index in [1.165, 1.54) is 37.6 Å². The third kappa shape index (κ3) is 4.38. The number of benzene rings is 1. The number of carbonyl (C=O) groups excluding carboxylic acids is 1. The zero-order valence-electron chi connectivity index (χ0n) is 17.0. The first kappa shape index (κ1) is 22.3. The average molecular weight is 466 g/mol. The molecule has 2 atom stereocenters. The van der Waals surface area contributed by atoms with Crippen LogP contribution in [0.5, 0.6) is 0 Å². The smallest absolute Gasteiger partial charge is 0.243 e. The van der Waals surface area contributed by atoms with Crippen molar-refractivity contribution >= 4 is 39.5 Å². The summed E-state index contributed by atoms with van der Waals surface area (Å²) in [6.45, 7) is 3.60. The normalized spacial score (nSPS) is 13.9. The van der Waals surface area contributed by atoms with E-state index in [2.05, 4.69) is 15.5 Å². The van der Waals surface area contributed by atoms with Crippen molar-refractivity contribution in [1.82, 2.24) is 24.4 Å². The van der Waals surface area contributed by atoms with Crippen molar-refractivity contribution in [3.8, 4) is 10.7 Å². The molecule has 0 saturated carbocycles. The van der Waals surface area contributed by atoms with Crippen LogP contribution in [0.1, 0.15) is 31.5 Å². The Kier molecular flexibility index (Phi) is 6.56. The standard InChI is InChI=1S/C19H23N5O3S3/c1-12(14-7-9-15(10-8-14)30(26,27)23(3)4)20-18(25)13(2)24-17(21-22-19(24)28)16-6-5-11-29-16/h5-13H,1-4H3,(H,20,25)(H,22,28). The molecular weight excluding hydrogens is 442 g/mol. The topological polar surface area (TPSA) is 100 Å². The van der Waals surface area contributed by atoms with Gasteiger partial charge in [0.25, 0.3) is 0 Å². The van der Waals surface area contributed by atoms with Crippen molar-refractivity contribution in [3.05, 3.63) is 52.1 Å². The van der Waals surface area contributed by atoms with Gasteiger partial charge in [0.2, 0.25) is 15.9 Å². The summed E-state index contributed by atoms with van der Waals surface area (Å²) in [4.78, 5) is 14.0. The molecule has 0 spiro atoms. The number of nitrogens with zero attached hydrogens (tertiary/aromatic N) is 3. The molecule has 1 aromatic carbocycles. The van der Waals surface area contributed by atoms with Crippen molar-refractivity contribution in [2.75, 3.05) is 14.1 Å². The number of hydrogen-bond acceptors (Lipinski definition) is 6. The fourth-order valence-corrected chi connectivity index (χ4v) is 4.82. The number of carbonyl (C=O) groups is 1. The molecule has 0 bridgehead atoms. The first-order chi connectivity index (χ1) is 14.1. The fourth-order valence-electron chi connectivity index (χ4n) is 2.92. The largest absolute Gasteiger partial charge is 0.348 e. The van der Waals surface area contributed by atoms with Crippen molar-refractivity contribution in [2.45, 2.75) is 30.8 Å². The molecule has 3 rings (SSSR count). The summed E-state index contributed by atoms with van der Waals surface area (Å²) in [6.07, 6.45) is 0. The number of H-pyrrole nitrogens is 1. The lowest BCUT2D eigenvalue weighted by Gasteiger charge is -2.20. The molecule has 1 amide bonds. The van der Waals surface area contributed by atoms with Gasteiger partial charge < -0.3 is 5.32 Å². The number of thiophene rings is 1. The molecule has 3 aromatic rings. The van der Waals surface area contributed by atoms with Crippen LogP contribution in [-0.2, 0) is 14.8 Å². The number of hydrogen-bond donors (Lipinski definition) is 2. The SMILES string of the molecule is CC(NC(=O)C(C)n1c(-c2cccs2)n[nH]c1=S)c1ccc(S(=O)(=O)N(C)C)cc1. The predicted molar refractivity (Wildman–Crippen MR) is 119 cm³/mol. The van der Waals surface area contributed by atoms with Gasteiger partial charge in [-0.3, -0.25) is 14.5 Å². The molecule has 0 saturated heterocycles. The molecule has 160 valence electrons. The molecule has 0 aliphatic carbocycles. The molecule has 0 radical (unpaired) electrons. The maximum atomic E-state index is 12.9. The Morgan fingerprint density at radius 1 is 1.23 bits per heavy atom. The quantitative estimate of drug-likeness (QED) is 0.521. The van der Waals surface area contributed by atoms with E-state index in [-0.39, 0.29) is 16.8 Å². The Labute approximate surface area is 184 Å². The Morgan fingerprint density at radius 3 is 2.47 bits per heavy atom. The van der Waals surface area contributed by atoms with Gasteiger partial charge in [0.1, 0.15) is 6.04 Å². The van der Waals surface area contributed by atoms with Crippen LogP contribution in [0.15, 0.2) is 46.7 Å². The number of aromatic nitrogens is 3. The average Bonchev–Trinajstić information content (AvgIpc) is 3.36. The fraction of sp³-hybridized carbons (Fsp3) is 0.316. The van der Waals surface area contributed by atoms with Crippen LogP contribution in [0.2, 0.25) is 0 Å². The number of sulfonamides is 1. The zero-order valence-corrected chi connectivity index (χ0v) is 19.4. The van der Waals surface area contributed by atoms with Gasteiger partial charge in [-0.1, -0.05) is 18.2 Å². The minimum atomic E-state index is -3.49. The molecule has 2 heterocycles. The third-order valence-electron chi connectivity index (χ3n) is 4.73. The molecule has 0 fully saturated rings. The van der Waals surface area contributed by atoms with Crippen molar-refractivity contribution < 1.29 is 13.2 Å². The Morgan fingerprint density at radius 2 is 1.90 bits per heavy atom. The van der Waals surface area contributed by atoms with E-state index < -0.39 is 16.1 Å². The summed E-state index contributed by atoms with van der Waals surface area (Å²) < 4.78 is 27.6. The van der Waals surface area contributed by atoms with Gasteiger partial charge in [0.15, 0.2) is 10.6 Å². The summed E-state index contributed by atoms with van der Waals surface area (Å²) in [5.41, 5.74) is 0.794. The van der Waals surface area contributed by atoms with Gasteiger partial charge in [-0.05, 0) is 55.2 Å². The van der Waals surface area contributed by atoms with Gasteiger partial charge in [0.05, 0.1) is 15.8 Å². The second-order valence-corrected chi connectivity index (χ2v) is 10.4. The van der Waals surface area contributed by atoms with E-state index in [0.717, 1.165) is 14.7 Å². The third-order valence-corrected chi connectivity index (χ3v) is 7.71. The number of aromatic amines is 1. The van der Waals surface area contributed by atoms with Crippen LogP contribution >= 0.6 is 23.6 Å². The summed E-state index contributed by atoms with van der Waals surface area (Å²) in [5.74, 6) is 0.395. The molecule has 11 heteroatoms. The second-order valence-electron chi connectivity index (χ2n) is 6.96. The van der Waals surface area contributed by atoms with Crippen LogP contribution < -0.4 is 5.32 Å². The van der Waals surface area contributed by atoms with Gasteiger partial charge in [0, 0.05) is 14.1 Å². The molecular formula is C19H23N5O3S3. The first-order valence-corrected chi connectivity index (χ1v) is 11.9. The van der Waals surface area contributed by atoms with Crippen LogP contribution in [0.3, 0.4) is 0 Å². The number of amides is 1. The van der Waals surface area contributed by atoms with Crippen LogP contribution in [0.4, 0.5) is 0 Å². The maximum Gasteiger partial charge on any atom is 0.243 e. The van der Waals surface area contributed by atoms with Crippen molar-refractivity contribution in [2.24, 2.45) is 0 Å². The Hall–Kier alpha value is -2.34. The lowest BCUT2D eigenvalue weighted by atomic mass is 10.1. The highest BCUT2D eigenvalue weighted by atomic mass is 32.2. The van der Waals surface area contributed by atoms with Gasteiger partial charge in [-0.25, -0.2) is 12.7 Å². The maximum absolute atomic E-state index is 12.9. The molecule has 0 aliphatic heterocycles. The summed E-state index contributed by atoms with van der Waals surface area (Å²) in [5, 5.41) is 11.9. The molecule has 0 aliphatic rings. The van der Waals surface area contributed by atoms with Gasteiger partial charge >= 0.3 is 0 Å². The van der Waals surface area contributed by atoms with E-state index in [9.17, 15) is 13.2 Å². The van der Waals surface area contributed by atoms with Crippen LogP contribution in [0.25, 0.3) is 10.7 Å². The lowest BCUT2D eigenvalue weighted by molar-refractivity contribution is -0.124. The monoisotopic (exact) mass is 465 g/mol. The minimum Gasteiger partial charge on any atom is -0.348 e. The molecule has 8 nitrogen and oxygen atoms in total. The first-order valence-electron chi connectivity index (χ1n) is 9.16. The van der Waals surface area contributed by atoms with E-state index >= 15 is 0 Å². The zero-order chi connectivity index (χ0) is 22.1. The van der Waals surface area contributed by atoms with Crippen LogP contribution in [-0.4, -0.2) is 47.5 Å². The molecule has 30 heavy (non-hydrogen) atoms. The predicted octanol–water partition coefficient (Wildman–Crippen LogP) is 3.36. The van der Waals surface area contributed by atoms with E-state index in [0.29, 0.717) is 10.6 Å². The second kappa shape index (κ2) is 8.80. The Balaban J connectivity index is 1.77. The highest BCUT2D eigenvalue weighted by Gasteiger charge is 2.23. The van der Waals surface area contributed by atoms with Gasteiger partial charge in [-0.15, -0.1) is 11.3 Å². The van der Waals surface area contributed by atoms with E-state index in [4.69, 9.17) is 12.2 Å². The number of nitrogens with one attached hydrogen (secondary N) is 2. The highest BCUT2D eigenvalue weighted by Crippen LogP contribution is 2.26. The lowest BCUT2D eigenvalue weighted by Crippen LogP contribution is -2.33. The summed E-state index contributed by atoms with van der Waals surface area (Å²) >= 11 is 6.84. The molecule has 2 N–H and O–H groups in total. The van der Waals surface area contributed by atoms with Crippen molar-refractivity contribution in [3.63, 3.8) is 0 Å². The molecule has 2 aromatic heterocycles. The van der Waals surface area contributed by atoms with E-state index in [1.807, 2.05) is 24.4 Å².